The van der Waals surface area contributed by atoms with Gasteiger partial charge in [-0.2, -0.15) is 0 Å². The number of rotatable bonds is 10. The minimum Gasteiger partial charge on any atom is -0.462 e. The summed E-state index contributed by atoms with van der Waals surface area (Å²) in [4.78, 5) is 42.2. The van der Waals surface area contributed by atoms with Crippen LogP contribution >= 0.6 is 23.1 Å². The fourth-order valence-corrected chi connectivity index (χ4v) is 6.55. The van der Waals surface area contributed by atoms with Crippen molar-refractivity contribution in [3.8, 4) is 0 Å². The summed E-state index contributed by atoms with van der Waals surface area (Å²) >= 11 is 2.86. The summed E-state index contributed by atoms with van der Waals surface area (Å²) < 4.78 is 5.36. The summed E-state index contributed by atoms with van der Waals surface area (Å²) in [5.41, 5.74) is 3.47. The predicted molar refractivity (Wildman–Crippen MR) is 152 cm³/mol. The van der Waals surface area contributed by atoms with Gasteiger partial charge in [-0.15, -0.1) is 23.1 Å². The molecule has 3 aromatic rings. The average Bonchev–Trinajstić information content (AvgIpc) is 3.70. The number of hydrogen-bond acceptors (Lipinski definition) is 7. The lowest BCUT2D eigenvalue weighted by Gasteiger charge is -2.27. The maximum atomic E-state index is 12.9. The molecule has 198 valence electrons. The van der Waals surface area contributed by atoms with E-state index in [1.165, 1.54) is 28.7 Å². The van der Waals surface area contributed by atoms with Gasteiger partial charge >= 0.3 is 5.97 Å². The van der Waals surface area contributed by atoms with Crippen molar-refractivity contribution in [1.82, 2.24) is 4.90 Å². The van der Waals surface area contributed by atoms with E-state index in [1.807, 2.05) is 42.5 Å². The van der Waals surface area contributed by atoms with Crippen molar-refractivity contribution >= 4 is 51.6 Å². The Hall–Kier alpha value is -3.14. The number of esters is 1. The van der Waals surface area contributed by atoms with E-state index < -0.39 is 0 Å². The van der Waals surface area contributed by atoms with Crippen LogP contribution in [0.25, 0.3) is 0 Å². The Balaban J connectivity index is 1.24. The van der Waals surface area contributed by atoms with E-state index in [1.54, 1.807) is 6.92 Å². The van der Waals surface area contributed by atoms with E-state index in [2.05, 4.69) is 27.7 Å². The standard InChI is InChI=1S/C29H31N3O4S2/c1-2-36-29(35)26-23-13-14-32(16-19-7-4-3-5-8-19)17-24(23)38-28(26)31-25(33)18-37-22-10-6-9-21(15-22)30-27(34)20-11-12-20/h3-10,15,20H,2,11-14,16-18H2,1H3,(H,30,34)(H,31,33). The zero-order valence-electron chi connectivity index (χ0n) is 21.3. The Morgan fingerprint density at radius 1 is 1.08 bits per heavy atom. The number of nitrogens with zero attached hydrogens (tertiary/aromatic N) is 1. The largest absolute Gasteiger partial charge is 0.462 e. The van der Waals surface area contributed by atoms with Gasteiger partial charge in [-0.1, -0.05) is 36.4 Å². The van der Waals surface area contributed by atoms with E-state index in [9.17, 15) is 14.4 Å². The SMILES string of the molecule is CCOC(=O)c1c(NC(=O)CSc2cccc(NC(=O)C3CC3)c2)sc2c1CCN(Cc1ccccc1)C2. The lowest BCUT2D eigenvalue weighted by Crippen LogP contribution is -2.30. The fourth-order valence-electron chi connectivity index (χ4n) is 4.51. The normalized spacial score (nSPS) is 15.0. The van der Waals surface area contributed by atoms with Gasteiger partial charge in [0.1, 0.15) is 5.00 Å². The third kappa shape index (κ3) is 6.64. The fraction of sp³-hybridized carbons (Fsp3) is 0.345. The second-order valence-electron chi connectivity index (χ2n) is 9.50. The van der Waals surface area contributed by atoms with Crippen LogP contribution in [0.3, 0.4) is 0 Å². The number of nitrogens with one attached hydrogen (secondary N) is 2. The number of benzene rings is 2. The molecule has 7 nitrogen and oxygen atoms in total. The van der Waals surface area contributed by atoms with E-state index in [-0.39, 0.29) is 36.1 Å². The molecule has 0 radical (unpaired) electrons. The Morgan fingerprint density at radius 2 is 1.89 bits per heavy atom. The van der Waals surface area contributed by atoms with Crippen LogP contribution in [0.4, 0.5) is 10.7 Å². The van der Waals surface area contributed by atoms with Crippen molar-refractivity contribution in [3.05, 3.63) is 76.2 Å². The third-order valence-electron chi connectivity index (χ3n) is 6.54. The van der Waals surface area contributed by atoms with Crippen LogP contribution in [-0.4, -0.2) is 41.6 Å². The molecule has 2 amide bonds. The van der Waals surface area contributed by atoms with Gasteiger partial charge in [-0.05, 0) is 55.5 Å². The Labute approximate surface area is 230 Å². The van der Waals surface area contributed by atoms with Crippen molar-refractivity contribution in [2.75, 3.05) is 29.5 Å². The van der Waals surface area contributed by atoms with E-state index in [0.717, 1.165) is 59.9 Å². The summed E-state index contributed by atoms with van der Waals surface area (Å²) in [6.45, 7) is 4.47. The van der Waals surface area contributed by atoms with Crippen molar-refractivity contribution in [3.63, 3.8) is 0 Å². The van der Waals surface area contributed by atoms with Crippen LogP contribution in [0.5, 0.6) is 0 Å². The first-order valence-corrected chi connectivity index (χ1v) is 14.7. The van der Waals surface area contributed by atoms with Crippen molar-refractivity contribution in [2.45, 2.75) is 44.2 Å². The summed E-state index contributed by atoms with van der Waals surface area (Å²) in [6, 6.07) is 17.9. The molecule has 2 aliphatic rings. The van der Waals surface area contributed by atoms with E-state index in [0.29, 0.717) is 10.6 Å². The smallest absolute Gasteiger partial charge is 0.341 e. The summed E-state index contributed by atoms with van der Waals surface area (Å²) in [5, 5.41) is 6.49. The number of fused-ring (bicyclic) bond motifs is 1. The van der Waals surface area contributed by atoms with Gasteiger partial charge < -0.3 is 15.4 Å². The molecule has 1 fully saturated rings. The lowest BCUT2D eigenvalue weighted by atomic mass is 10.0. The molecule has 1 aliphatic heterocycles. The molecule has 38 heavy (non-hydrogen) atoms. The molecule has 2 heterocycles. The van der Waals surface area contributed by atoms with Gasteiger partial charge in [0.05, 0.1) is 17.9 Å². The van der Waals surface area contributed by atoms with Gasteiger partial charge in [-0.25, -0.2) is 4.79 Å². The first kappa shape index (κ1) is 26.5. The van der Waals surface area contributed by atoms with Gasteiger partial charge in [-0.3, -0.25) is 14.5 Å². The van der Waals surface area contributed by atoms with Gasteiger partial charge in [0.2, 0.25) is 11.8 Å². The number of ether oxygens (including phenoxy) is 1. The highest BCUT2D eigenvalue weighted by Crippen LogP contribution is 2.38. The van der Waals surface area contributed by atoms with Crippen LogP contribution in [-0.2, 0) is 33.8 Å². The molecule has 2 aromatic carbocycles. The molecule has 2 N–H and O–H groups in total. The second-order valence-corrected chi connectivity index (χ2v) is 11.7. The highest BCUT2D eigenvalue weighted by Gasteiger charge is 2.30. The molecule has 9 heteroatoms. The van der Waals surface area contributed by atoms with Crippen LogP contribution in [0, 0.1) is 5.92 Å². The monoisotopic (exact) mass is 549 g/mol. The molecule has 1 saturated carbocycles. The zero-order valence-corrected chi connectivity index (χ0v) is 23.0. The maximum absolute atomic E-state index is 12.9. The first-order valence-electron chi connectivity index (χ1n) is 12.9. The maximum Gasteiger partial charge on any atom is 0.341 e. The molecular formula is C29H31N3O4S2. The van der Waals surface area contributed by atoms with Gasteiger partial charge in [0.15, 0.2) is 0 Å². The lowest BCUT2D eigenvalue weighted by molar-refractivity contribution is -0.117. The Kier molecular flexibility index (Phi) is 8.46. The summed E-state index contributed by atoms with van der Waals surface area (Å²) in [6.07, 6.45) is 2.63. The van der Waals surface area contributed by atoms with Crippen LogP contribution in [0.1, 0.15) is 46.1 Å². The van der Waals surface area contributed by atoms with Crippen molar-refractivity contribution < 1.29 is 19.1 Å². The minimum atomic E-state index is -0.386. The van der Waals surface area contributed by atoms with E-state index >= 15 is 0 Å². The average molecular weight is 550 g/mol. The van der Waals surface area contributed by atoms with Gasteiger partial charge in [0.25, 0.3) is 0 Å². The first-order chi connectivity index (χ1) is 18.5. The Morgan fingerprint density at radius 3 is 2.66 bits per heavy atom. The van der Waals surface area contributed by atoms with Crippen LogP contribution in [0.15, 0.2) is 59.5 Å². The highest BCUT2D eigenvalue weighted by atomic mass is 32.2. The predicted octanol–water partition coefficient (Wildman–Crippen LogP) is 5.56. The zero-order chi connectivity index (χ0) is 26.5. The summed E-state index contributed by atoms with van der Waals surface area (Å²) in [5.74, 6) is -0.199. The highest BCUT2D eigenvalue weighted by molar-refractivity contribution is 8.00. The second kappa shape index (κ2) is 12.1. The van der Waals surface area contributed by atoms with E-state index in [4.69, 9.17) is 4.74 Å². The third-order valence-corrected chi connectivity index (χ3v) is 8.66. The number of amides is 2. The molecule has 1 aromatic heterocycles. The van der Waals surface area contributed by atoms with Gasteiger partial charge in [0, 0.05) is 41.0 Å². The molecule has 0 saturated heterocycles. The number of hydrogen-bond donors (Lipinski definition) is 2. The molecule has 1 aliphatic carbocycles. The molecule has 0 unspecified atom stereocenters. The minimum absolute atomic E-state index is 0.0559. The van der Waals surface area contributed by atoms with Crippen molar-refractivity contribution in [2.24, 2.45) is 5.92 Å². The molecule has 0 spiro atoms. The number of anilines is 2. The number of carbonyl (C=O) groups excluding carboxylic acids is 3. The molecule has 5 rings (SSSR count). The summed E-state index contributed by atoms with van der Waals surface area (Å²) in [7, 11) is 0. The number of carbonyl (C=O) groups is 3. The van der Waals surface area contributed by atoms with Crippen LogP contribution < -0.4 is 10.6 Å². The Bertz CT molecular complexity index is 1320. The molecule has 0 bridgehead atoms. The number of thiophene rings is 1. The molecule has 0 atom stereocenters. The number of thioether (sulfide) groups is 1. The topological polar surface area (TPSA) is 87.7 Å². The quantitative estimate of drug-likeness (QED) is 0.254. The van der Waals surface area contributed by atoms with Crippen LogP contribution in [0.2, 0.25) is 0 Å². The van der Waals surface area contributed by atoms with Crippen molar-refractivity contribution in [1.29, 1.82) is 0 Å². The molecular weight excluding hydrogens is 518 g/mol.